The summed E-state index contributed by atoms with van der Waals surface area (Å²) >= 11 is 3.53. The van der Waals surface area contributed by atoms with Crippen molar-refractivity contribution in [2.75, 3.05) is 5.73 Å². The highest BCUT2D eigenvalue weighted by Gasteiger charge is 1.99. The molecule has 0 bridgehead atoms. The Labute approximate surface area is 88.5 Å². The molecular formula is C11H16BrN. The Kier molecular flexibility index (Phi) is 4.29. The zero-order chi connectivity index (χ0) is 9.68. The lowest BCUT2D eigenvalue weighted by molar-refractivity contribution is 0.716. The van der Waals surface area contributed by atoms with Crippen molar-refractivity contribution in [3.8, 4) is 0 Å². The first-order valence-corrected chi connectivity index (χ1v) is 5.57. The Morgan fingerprint density at radius 3 is 2.77 bits per heavy atom. The van der Waals surface area contributed by atoms with Gasteiger partial charge in [-0.25, -0.2) is 0 Å². The van der Waals surface area contributed by atoms with Crippen LogP contribution in [0.2, 0.25) is 0 Å². The smallest absolute Gasteiger partial charge is 0.0317 e. The Morgan fingerprint density at radius 1 is 1.31 bits per heavy atom. The number of benzene rings is 1. The Morgan fingerprint density at radius 2 is 2.08 bits per heavy atom. The van der Waals surface area contributed by atoms with Gasteiger partial charge in [0.2, 0.25) is 0 Å². The van der Waals surface area contributed by atoms with E-state index in [0.717, 1.165) is 12.1 Å². The predicted octanol–water partition coefficient (Wildman–Crippen LogP) is 3.76. The van der Waals surface area contributed by atoms with Crippen LogP contribution in [-0.2, 0) is 6.42 Å². The zero-order valence-corrected chi connectivity index (χ0v) is 9.60. The molecule has 0 spiro atoms. The van der Waals surface area contributed by atoms with Crippen LogP contribution in [-0.4, -0.2) is 0 Å². The van der Waals surface area contributed by atoms with Crippen LogP contribution in [0.15, 0.2) is 22.7 Å². The van der Waals surface area contributed by atoms with Gasteiger partial charge in [-0.3, -0.25) is 0 Å². The minimum Gasteiger partial charge on any atom is -0.399 e. The van der Waals surface area contributed by atoms with Gasteiger partial charge >= 0.3 is 0 Å². The lowest BCUT2D eigenvalue weighted by atomic mass is 10.1. The van der Waals surface area contributed by atoms with Crippen molar-refractivity contribution >= 4 is 21.6 Å². The van der Waals surface area contributed by atoms with Crippen molar-refractivity contribution in [2.24, 2.45) is 0 Å². The van der Waals surface area contributed by atoms with E-state index in [1.165, 1.54) is 29.3 Å². The van der Waals surface area contributed by atoms with E-state index in [2.05, 4.69) is 28.9 Å². The molecule has 0 amide bonds. The molecule has 1 nitrogen and oxygen atoms in total. The van der Waals surface area contributed by atoms with Crippen molar-refractivity contribution < 1.29 is 0 Å². The van der Waals surface area contributed by atoms with Crippen LogP contribution in [0.25, 0.3) is 0 Å². The number of nitrogens with two attached hydrogens (primary N) is 1. The van der Waals surface area contributed by atoms with E-state index in [4.69, 9.17) is 5.73 Å². The first kappa shape index (κ1) is 10.6. The summed E-state index contributed by atoms with van der Waals surface area (Å²) in [5, 5.41) is 0. The summed E-state index contributed by atoms with van der Waals surface area (Å²) in [6, 6.07) is 6.00. The largest absolute Gasteiger partial charge is 0.399 e. The van der Waals surface area contributed by atoms with E-state index in [-0.39, 0.29) is 0 Å². The maximum Gasteiger partial charge on any atom is 0.0317 e. The highest BCUT2D eigenvalue weighted by Crippen LogP contribution is 2.21. The Hall–Kier alpha value is -0.500. The van der Waals surface area contributed by atoms with Crippen molar-refractivity contribution in [2.45, 2.75) is 32.6 Å². The molecule has 2 heteroatoms. The van der Waals surface area contributed by atoms with Crippen molar-refractivity contribution in [1.29, 1.82) is 0 Å². The zero-order valence-electron chi connectivity index (χ0n) is 8.02. The quantitative estimate of drug-likeness (QED) is 0.631. The van der Waals surface area contributed by atoms with E-state index < -0.39 is 0 Å². The fraction of sp³-hybridized carbons (Fsp3) is 0.455. The number of aryl methyl sites for hydroxylation is 1. The third kappa shape index (κ3) is 3.39. The van der Waals surface area contributed by atoms with Gasteiger partial charge in [-0.15, -0.1) is 0 Å². The molecule has 0 saturated heterocycles. The number of anilines is 1. The van der Waals surface area contributed by atoms with E-state index in [1.807, 2.05) is 12.1 Å². The molecule has 0 atom stereocenters. The first-order valence-electron chi connectivity index (χ1n) is 4.78. The monoisotopic (exact) mass is 241 g/mol. The molecule has 0 unspecified atom stereocenters. The van der Waals surface area contributed by atoms with Gasteiger partial charge in [0.15, 0.2) is 0 Å². The SMILES string of the molecule is CCCCCc1cc(N)ccc1Br. The van der Waals surface area contributed by atoms with Crippen LogP contribution in [0.3, 0.4) is 0 Å². The van der Waals surface area contributed by atoms with Crippen molar-refractivity contribution in [1.82, 2.24) is 0 Å². The van der Waals surface area contributed by atoms with Gasteiger partial charge in [-0.2, -0.15) is 0 Å². The summed E-state index contributed by atoms with van der Waals surface area (Å²) < 4.78 is 1.18. The summed E-state index contributed by atoms with van der Waals surface area (Å²) in [5.41, 5.74) is 7.89. The second-order valence-electron chi connectivity index (χ2n) is 3.31. The topological polar surface area (TPSA) is 26.0 Å². The highest BCUT2D eigenvalue weighted by atomic mass is 79.9. The molecular weight excluding hydrogens is 226 g/mol. The van der Waals surface area contributed by atoms with Crippen LogP contribution in [0.4, 0.5) is 5.69 Å². The molecule has 13 heavy (non-hydrogen) atoms. The normalized spacial score (nSPS) is 10.3. The maximum absolute atomic E-state index is 5.71. The Bertz CT molecular complexity index is 271. The molecule has 0 heterocycles. The molecule has 0 aliphatic carbocycles. The molecule has 0 aliphatic rings. The van der Waals surface area contributed by atoms with Crippen LogP contribution >= 0.6 is 15.9 Å². The second-order valence-corrected chi connectivity index (χ2v) is 4.16. The average molecular weight is 242 g/mol. The number of hydrogen-bond donors (Lipinski definition) is 1. The van der Waals surface area contributed by atoms with E-state index in [9.17, 15) is 0 Å². The summed E-state index contributed by atoms with van der Waals surface area (Å²) in [4.78, 5) is 0. The van der Waals surface area contributed by atoms with Gasteiger partial charge in [0.1, 0.15) is 0 Å². The lowest BCUT2D eigenvalue weighted by Gasteiger charge is -2.04. The molecule has 0 aliphatic heterocycles. The maximum atomic E-state index is 5.71. The van der Waals surface area contributed by atoms with Gasteiger partial charge < -0.3 is 5.73 Å². The molecule has 0 aromatic heterocycles. The summed E-state index contributed by atoms with van der Waals surface area (Å²) in [7, 11) is 0. The van der Waals surface area contributed by atoms with Crippen LogP contribution in [0.1, 0.15) is 31.7 Å². The summed E-state index contributed by atoms with van der Waals surface area (Å²) in [6.07, 6.45) is 4.93. The molecule has 2 N–H and O–H groups in total. The molecule has 0 fully saturated rings. The summed E-state index contributed by atoms with van der Waals surface area (Å²) in [6.45, 7) is 2.22. The Balaban J connectivity index is 2.59. The molecule has 1 aromatic rings. The standard InChI is InChI=1S/C11H16BrN/c1-2-3-4-5-9-8-10(13)6-7-11(9)12/h6-8H,2-5,13H2,1H3. The van der Waals surface area contributed by atoms with Crippen LogP contribution in [0.5, 0.6) is 0 Å². The lowest BCUT2D eigenvalue weighted by Crippen LogP contribution is -1.91. The van der Waals surface area contributed by atoms with E-state index >= 15 is 0 Å². The molecule has 0 saturated carbocycles. The van der Waals surface area contributed by atoms with E-state index in [0.29, 0.717) is 0 Å². The van der Waals surface area contributed by atoms with Crippen LogP contribution in [0, 0.1) is 0 Å². The minimum atomic E-state index is 0.856. The minimum absolute atomic E-state index is 0.856. The van der Waals surface area contributed by atoms with Crippen molar-refractivity contribution in [3.05, 3.63) is 28.2 Å². The third-order valence-corrected chi connectivity index (χ3v) is 2.89. The molecule has 1 rings (SSSR count). The van der Waals surface area contributed by atoms with Gasteiger partial charge in [0.25, 0.3) is 0 Å². The second kappa shape index (κ2) is 5.28. The fourth-order valence-corrected chi connectivity index (χ4v) is 1.80. The number of halogens is 1. The number of unbranched alkanes of at least 4 members (excludes halogenated alkanes) is 2. The molecule has 0 radical (unpaired) electrons. The molecule has 72 valence electrons. The molecule has 1 aromatic carbocycles. The number of hydrogen-bond acceptors (Lipinski definition) is 1. The number of nitrogen functional groups attached to an aromatic ring is 1. The third-order valence-electron chi connectivity index (χ3n) is 2.12. The van der Waals surface area contributed by atoms with Gasteiger partial charge in [-0.05, 0) is 36.6 Å². The van der Waals surface area contributed by atoms with Crippen molar-refractivity contribution in [3.63, 3.8) is 0 Å². The van der Waals surface area contributed by atoms with Gasteiger partial charge in [0.05, 0.1) is 0 Å². The summed E-state index contributed by atoms with van der Waals surface area (Å²) in [5.74, 6) is 0. The highest BCUT2D eigenvalue weighted by molar-refractivity contribution is 9.10. The number of rotatable bonds is 4. The predicted molar refractivity (Wildman–Crippen MR) is 61.8 cm³/mol. The fourth-order valence-electron chi connectivity index (χ4n) is 1.35. The average Bonchev–Trinajstić information content (AvgIpc) is 2.11. The van der Waals surface area contributed by atoms with Gasteiger partial charge in [-0.1, -0.05) is 35.7 Å². The van der Waals surface area contributed by atoms with Crippen LogP contribution < -0.4 is 5.73 Å². The first-order chi connectivity index (χ1) is 6.24. The van der Waals surface area contributed by atoms with Gasteiger partial charge in [0, 0.05) is 10.2 Å². The van der Waals surface area contributed by atoms with E-state index in [1.54, 1.807) is 0 Å².